The second-order valence-electron chi connectivity index (χ2n) is 7.79. The van der Waals surface area contributed by atoms with Crippen LogP contribution in [0.25, 0.3) is 12.2 Å². The highest BCUT2D eigenvalue weighted by atomic mass is 35.5. The van der Waals surface area contributed by atoms with Gasteiger partial charge in [0.2, 0.25) is 0 Å². The summed E-state index contributed by atoms with van der Waals surface area (Å²) in [4.78, 5) is 15.3. The number of likely N-dealkylation sites (N-methyl/N-ethyl adjacent to an activating group) is 1. The van der Waals surface area contributed by atoms with E-state index in [0.29, 0.717) is 19.6 Å². The number of ether oxygens (including phenoxy) is 1. The Balaban J connectivity index is 1.62. The molecule has 2 heterocycles. The number of fused-ring (bicyclic) bond motifs is 1. The molecule has 0 saturated heterocycles. The fraction of sp³-hybridized carbons (Fsp3) is 0.261. The Bertz CT molecular complexity index is 1420. The van der Waals surface area contributed by atoms with Gasteiger partial charge in [0.1, 0.15) is 11.6 Å². The van der Waals surface area contributed by atoms with Crippen molar-refractivity contribution in [3.05, 3.63) is 70.0 Å². The van der Waals surface area contributed by atoms with E-state index >= 15 is 0 Å². The van der Waals surface area contributed by atoms with Gasteiger partial charge < -0.3 is 9.64 Å². The van der Waals surface area contributed by atoms with Gasteiger partial charge in [-0.25, -0.2) is 22.8 Å². The smallest absolute Gasteiger partial charge is 0.261 e. The van der Waals surface area contributed by atoms with Gasteiger partial charge in [-0.2, -0.15) is 0 Å². The Morgan fingerprint density at radius 2 is 1.97 bits per heavy atom. The van der Waals surface area contributed by atoms with E-state index in [-0.39, 0.29) is 21.7 Å². The molecular formula is C23H23ClFN5O3S. The molecular weight excluding hydrogens is 481 g/mol. The molecule has 0 amide bonds. The number of nitrogens with zero attached hydrogens (tertiary/aromatic N) is 4. The van der Waals surface area contributed by atoms with Gasteiger partial charge in [-0.15, -0.1) is 0 Å². The van der Waals surface area contributed by atoms with E-state index < -0.39 is 15.8 Å². The third kappa shape index (κ3) is 5.35. The van der Waals surface area contributed by atoms with Gasteiger partial charge in [-0.3, -0.25) is 9.71 Å². The van der Waals surface area contributed by atoms with Crippen molar-refractivity contribution < 1.29 is 17.5 Å². The molecule has 178 valence electrons. The topological polar surface area (TPSA) is 97.3 Å². The van der Waals surface area contributed by atoms with Crippen molar-refractivity contribution >= 4 is 45.3 Å². The van der Waals surface area contributed by atoms with Crippen molar-refractivity contribution in [1.29, 1.82) is 0 Å². The highest BCUT2D eigenvalue weighted by molar-refractivity contribution is 7.92. The van der Waals surface area contributed by atoms with E-state index in [2.05, 4.69) is 14.7 Å². The number of aromatic nitrogens is 3. The predicted octanol–water partition coefficient (Wildman–Crippen LogP) is 2.30. The molecule has 1 atom stereocenters. The van der Waals surface area contributed by atoms with E-state index in [9.17, 15) is 12.8 Å². The average Bonchev–Trinajstić information content (AvgIpc) is 2.83. The van der Waals surface area contributed by atoms with Crippen LogP contribution >= 0.6 is 11.6 Å². The first kappa shape index (κ1) is 24.1. The molecule has 34 heavy (non-hydrogen) atoms. The minimum atomic E-state index is -3.97. The van der Waals surface area contributed by atoms with Crippen molar-refractivity contribution in [2.75, 3.05) is 36.9 Å². The van der Waals surface area contributed by atoms with Crippen molar-refractivity contribution in [3.8, 4) is 0 Å². The van der Waals surface area contributed by atoms with Gasteiger partial charge in [0.15, 0.2) is 5.15 Å². The summed E-state index contributed by atoms with van der Waals surface area (Å²) in [6.07, 6.45) is 7.96. The Hall–Kier alpha value is -3.08. The molecule has 0 bridgehead atoms. The monoisotopic (exact) mass is 503 g/mol. The molecule has 3 aromatic rings. The number of halogens is 2. The van der Waals surface area contributed by atoms with Crippen LogP contribution in [0.2, 0.25) is 5.15 Å². The predicted molar refractivity (Wildman–Crippen MR) is 129 cm³/mol. The maximum Gasteiger partial charge on any atom is 0.261 e. The number of rotatable bonds is 8. The van der Waals surface area contributed by atoms with E-state index in [1.54, 1.807) is 25.6 Å². The summed E-state index contributed by atoms with van der Waals surface area (Å²) in [7, 11) is -0.403. The third-order valence-corrected chi connectivity index (χ3v) is 7.10. The van der Waals surface area contributed by atoms with Gasteiger partial charge in [0.05, 0.1) is 34.1 Å². The number of sulfonamides is 1. The highest BCUT2D eigenvalue weighted by Crippen LogP contribution is 2.29. The maximum atomic E-state index is 13.2. The molecule has 1 aliphatic carbocycles. The Morgan fingerprint density at radius 3 is 2.71 bits per heavy atom. The normalized spacial score (nSPS) is 15.1. The lowest BCUT2D eigenvalue weighted by molar-refractivity contribution is 0.206. The van der Waals surface area contributed by atoms with Crippen LogP contribution in [0, 0.1) is 5.82 Å². The molecule has 0 saturated carbocycles. The Kier molecular flexibility index (Phi) is 7.11. The average molecular weight is 504 g/mol. The summed E-state index contributed by atoms with van der Waals surface area (Å²) in [6.45, 7) is 1.25. The van der Waals surface area contributed by atoms with Crippen molar-refractivity contribution in [2.45, 2.75) is 17.2 Å². The second kappa shape index (κ2) is 10.0. The molecule has 0 spiro atoms. The highest BCUT2D eigenvalue weighted by Gasteiger charge is 2.19. The molecule has 4 rings (SSSR count). The summed E-state index contributed by atoms with van der Waals surface area (Å²) >= 11 is 6.18. The molecule has 2 aromatic heterocycles. The molecule has 8 nitrogen and oxygen atoms in total. The quantitative estimate of drug-likeness (QED) is 0.471. The SMILES string of the molecule is COCCN(C)c1cnc2c(n1)=CC(c1cnc(Cl)c(NS(=O)(=O)c3ccc(F)cc3)c1)CC=2. The Morgan fingerprint density at radius 1 is 1.21 bits per heavy atom. The number of methoxy groups -OCH3 is 1. The zero-order valence-corrected chi connectivity index (χ0v) is 20.1. The zero-order valence-electron chi connectivity index (χ0n) is 18.6. The van der Waals surface area contributed by atoms with Crippen LogP contribution in [-0.2, 0) is 14.8 Å². The first-order valence-electron chi connectivity index (χ1n) is 10.5. The van der Waals surface area contributed by atoms with E-state index in [0.717, 1.165) is 34.2 Å². The molecule has 0 radical (unpaired) electrons. The summed E-state index contributed by atoms with van der Waals surface area (Å²) in [5.74, 6) is 0.101. The largest absolute Gasteiger partial charge is 0.383 e. The first-order chi connectivity index (χ1) is 16.3. The van der Waals surface area contributed by atoms with Gasteiger partial charge in [-0.05, 0) is 48.4 Å². The van der Waals surface area contributed by atoms with E-state index in [1.807, 2.05) is 24.1 Å². The van der Waals surface area contributed by atoms with E-state index in [4.69, 9.17) is 21.3 Å². The fourth-order valence-electron chi connectivity index (χ4n) is 3.50. The van der Waals surface area contributed by atoms with Gasteiger partial charge in [-0.1, -0.05) is 17.7 Å². The second-order valence-corrected chi connectivity index (χ2v) is 9.83. The molecule has 1 N–H and O–H groups in total. The lowest BCUT2D eigenvalue weighted by Crippen LogP contribution is -2.37. The van der Waals surface area contributed by atoms with Crippen LogP contribution < -0.4 is 20.3 Å². The lowest BCUT2D eigenvalue weighted by atomic mass is 9.94. The van der Waals surface area contributed by atoms with E-state index in [1.165, 1.54) is 12.1 Å². The number of anilines is 2. The van der Waals surface area contributed by atoms with Crippen LogP contribution in [0.5, 0.6) is 0 Å². The standard InChI is InChI=1S/C23H23ClFN5O3S/c1-30(9-10-33-2)22-14-26-19-8-3-15(11-20(19)28-22)16-12-21(23(24)27-13-16)29-34(31,32)18-6-4-17(25)5-7-18/h4-8,11-15,29H,3,9-10H2,1-2H3. The summed E-state index contributed by atoms with van der Waals surface area (Å²) in [5, 5.41) is 1.54. The minimum absolute atomic E-state index is 0.0106. The summed E-state index contributed by atoms with van der Waals surface area (Å²) in [5.41, 5.74) is 0.907. The molecule has 1 unspecified atom stereocenters. The van der Waals surface area contributed by atoms with Crippen LogP contribution in [0.3, 0.4) is 0 Å². The summed E-state index contributed by atoms with van der Waals surface area (Å²) < 4.78 is 46.2. The first-order valence-corrected chi connectivity index (χ1v) is 12.3. The molecule has 0 aliphatic heterocycles. The third-order valence-electron chi connectivity index (χ3n) is 5.42. The number of hydrogen-bond donors (Lipinski definition) is 1. The number of benzene rings is 1. The number of hydrogen-bond acceptors (Lipinski definition) is 7. The van der Waals surface area contributed by atoms with Crippen LogP contribution in [0.1, 0.15) is 17.9 Å². The lowest BCUT2D eigenvalue weighted by Gasteiger charge is -2.19. The van der Waals surface area contributed by atoms with Crippen LogP contribution in [0.15, 0.2) is 47.6 Å². The number of pyridine rings is 1. The van der Waals surface area contributed by atoms with Crippen molar-refractivity contribution in [1.82, 2.24) is 15.0 Å². The number of nitrogens with one attached hydrogen (secondary N) is 1. The van der Waals surface area contributed by atoms with Gasteiger partial charge >= 0.3 is 0 Å². The Labute approximate surface area is 201 Å². The summed E-state index contributed by atoms with van der Waals surface area (Å²) in [6, 6.07) is 6.18. The van der Waals surface area contributed by atoms with Crippen molar-refractivity contribution in [3.63, 3.8) is 0 Å². The maximum absolute atomic E-state index is 13.2. The minimum Gasteiger partial charge on any atom is -0.383 e. The molecule has 11 heteroatoms. The van der Waals surface area contributed by atoms with Crippen molar-refractivity contribution in [2.24, 2.45) is 0 Å². The van der Waals surface area contributed by atoms with Gasteiger partial charge in [0.25, 0.3) is 10.0 Å². The van der Waals surface area contributed by atoms with Crippen LogP contribution in [-0.4, -0.2) is 50.7 Å². The van der Waals surface area contributed by atoms with Crippen LogP contribution in [0.4, 0.5) is 15.9 Å². The van der Waals surface area contributed by atoms with Gasteiger partial charge in [0, 0.05) is 32.8 Å². The molecule has 1 aliphatic rings. The zero-order chi connectivity index (χ0) is 24.3. The fourth-order valence-corrected chi connectivity index (χ4v) is 4.76. The molecule has 0 fully saturated rings. The molecule has 1 aromatic carbocycles.